The highest BCUT2D eigenvalue weighted by atomic mass is 16.5. The Morgan fingerprint density at radius 3 is 2.94 bits per heavy atom. The maximum absolute atomic E-state index is 11.6. The van der Waals surface area contributed by atoms with Gasteiger partial charge in [-0.05, 0) is 41.7 Å². The summed E-state index contributed by atoms with van der Waals surface area (Å²) in [4.78, 5) is 11.6. The van der Waals surface area contributed by atoms with Crippen molar-refractivity contribution in [1.29, 1.82) is 0 Å². The molecule has 1 aromatic carbocycles. The van der Waals surface area contributed by atoms with Crippen molar-refractivity contribution >= 4 is 18.1 Å². The second-order valence-corrected chi connectivity index (χ2v) is 3.78. The highest BCUT2D eigenvalue weighted by molar-refractivity contribution is 5.91. The van der Waals surface area contributed by atoms with Crippen molar-refractivity contribution in [2.75, 3.05) is 6.61 Å². The number of fused-ring (bicyclic) bond motifs is 3. The van der Waals surface area contributed by atoms with E-state index in [0.717, 1.165) is 16.2 Å². The van der Waals surface area contributed by atoms with E-state index in [1.165, 1.54) is 0 Å². The van der Waals surface area contributed by atoms with Crippen LogP contribution >= 0.6 is 0 Å². The van der Waals surface area contributed by atoms with Gasteiger partial charge in [0.2, 0.25) is 0 Å². The van der Waals surface area contributed by atoms with Gasteiger partial charge in [0.25, 0.3) is 0 Å². The summed E-state index contributed by atoms with van der Waals surface area (Å²) < 4.78 is 10.6. The average molecular weight is 226 g/mol. The molecule has 2 aliphatic rings. The van der Waals surface area contributed by atoms with Gasteiger partial charge in [0.05, 0.1) is 5.56 Å². The van der Waals surface area contributed by atoms with E-state index in [2.05, 4.69) is 6.58 Å². The number of carbonyl (C=O) groups is 1. The summed E-state index contributed by atoms with van der Waals surface area (Å²) in [5.41, 5.74) is 0.588. The minimum Gasteiger partial charge on any atom is -0.458 e. The summed E-state index contributed by atoms with van der Waals surface area (Å²) >= 11 is 0. The van der Waals surface area contributed by atoms with E-state index in [-0.39, 0.29) is 5.97 Å². The standard InChI is InChI=1S/C14H10O3/c1-2-9-3-4-11-10-7-8-16-14(15)12(10)5-6-13(11)17-9/h2-7H,1,8H2. The van der Waals surface area contributed by atoms with Gasteiger partial charge in [0, 0.05) is 5.22 Å². The molecule has 0 saturated heterocycles. The van der Waals surface area contributed by atoms with E-state index in [9.17, 15) is 4.79 Å². The SMILES string of the molecule is C=CC1=CC=c2c(ccc3c2=CCOC3=O)O1. The summed E-state index contributed by atoms with van der Waals surface area (Å²) in [5, 5.41) is 1.81. The average Bonchev–Trinajstić information content (AvgIpc) is 2.38. The quantitative estimate of drug-likeness (QED) is 0.667. The fourth-order valence-corrected chi connectivity index (χ4v) is 1.99. The molecule has 0 saturated carbocycles. The van der Waals surface area contributed by atoms with Crippen LogP contribution in [0.3, 0.4) is 0 Å². The van der Waals surface area contributed by atoms with Gasteiger partial charge in [0.15, 0.2) is 0 Å². The molecule has 2 aliphatic heterocycles. The number of allylic oxidation sites excluding steroid dienone is 2. The smallest absolute Gasteiger partial charge is 0.339 e. The lowest BCUT2D eigenvalue weighted by molar-refractivity contribution is 0.0549. The van der Waals surface area contributed by atoms with Gasteiger partial charge in [0.1, 0.15) is 18.1 Å². The van der Waals surface area contributed by atoms with E-state index in [4.69, 9.17) is 9.47 Å². The van der Waals surface area contributed by atoms with Crippen LogP contribution in [0.25, 0.3) is 12.2 Å². The second-order valence-electron chi connectivity index (χ2n) is 3.78. The molecule has 84 valence electrons. The molecule has 17 heavy (non-hydrogen) atoms. The van der Waals surface area contributed by atoms with Gasteiger partial charge in [-0.15, -0.1) is 0 Å². The maximum atomic E-state index is 11.6. The fourth-order valence-electron chi connectivity index (χ4n) is 1.99. The zero-order valence-electron chi connectivity index (χ0n) is 9.10. The fraction of sp³-hybridized carbons (Fsp3) is 0.0714. The van der Waals surface area contributed by atoms with E-state index >= 15 is 0 Å². The van der Waals surface area contributed by atoms with Gasteiger partial charge in [-0.1, -0.05) is 6.58 Å². The third-order valence-electron chi connectivity index (χ3n) is 2.81. The molecule has 0 radical (unpaired) electrons. The van der Waals surface area contributed by atoms with Crippen molar-refractivity contribution in [2.45, 2.75) is 0 Å². The third kappa shape index (κ3) is 1.47. The van der Waals surface area contributed by atoms with Crippen molar-refractivity contribution in [1.82, 2.24) is 0 Å². The number of hydrogen-bond donors (Lipinski definition) is 0. The first kappa shape index (κ1) is 9.90. The monoisotopic (exact) mass is 226 g/mol. The molecule has 1 aromatic rings. The molecule has 3 rings (SSSR count). The van der Waals surface area contributed by atoms with Crippen molar-refractivity contribution in [3.63, 3.8) is 0 Å². The van der Waals surface area contributed by atoms with Crippen LogP contribution in [0, 0.1) is 0 Å². The van der Waals surface area contributed by atoms with Crippen LogP contribution < -0.4 is 15.2 Å². The lowest BCUT2D eigenvalue weighted by Crippen LogP contribution is -2.37. The number of cyclic esters (lactones) is 1. The Hall–Kier alpha value is -2.29. The molecule has 2 heterocycles. The number of hydrogen-bond acceptors (Lipinski definition) is 3. The van der Waals surface area contributed by atoms with Crippen LogP contribution in [0.2, 0.25) is 0 Å². The summed E-state index contributed by atoms with van der Waals surface area (Å²) in [6.07, 6.45) is 7.31. The molecule has 0 aromatic heterocycles. The van der Waals surface area contributed by atoms with E-state index in [1.54, 1.807) is 18.2 Å². The molecular weight excluding hydrogens is 216 g/mol. The molecule has 0 N–H and O–H groups in total. The van der Waals surface area contributed by atoms with Crippen LogP contribution in [0.5, 0.6) is 5.75 Å². The predicted molar refractivity (Wildman–Crippen MR) is 63.8 cm³/mol. The Bertz CT molecular complexity index is 665. The van der Waals surface area contributed by atoms with Crippen LogP contribution in [0.4, 0.5) is 0 Å². The zero-order chi connectivity index (χ0) is 11.8. The maximum Gasteiger partial charge on any atom is 0.339 e. The van der Waals surface area contributed by atoms with E-state index in [1.807, 2.05) is 18.2 Å². The lowest BCUT2D eigenvalue weighted by atomic mass is 10.1. The minimum atomic E-state index is -0.280. The van der Waals surface area contributed by atoms with Crippen molar-refractivity contribution in [3.8, 4) is 5.75 Å². The first-order chi connectivity index (χ1) is 8.29. The molecule has 0 unspecified atom stereocenters. The van der Waals surface area contributed by atoms with Crippen LogP contribution in [-0.2, 0) is 4.74 Å². The van der Waals surface area contributed by atoms with Gasteiger partial charge in [-0.25, -0.2) is 4.79 Å². The molecule has 0 amide bonds. The van der Waals surface area contributed by atoms with Crippen LogP contribution in [0.1, 0.15) is 10.4 Å². The number of benzene rings is 1. The number of ether oxygens (including phenoxy) is 2. The Labute approximate surface area is 98.0 Å². The normalized spacial score (nSPS) is 16.2. The topological polar surface area (TPSA) is 35.5 Å². The highest BCUT2D eigenvalue weighted by Gasteiger charge is 2.16. The van der Waals surface area contributed by atoms with Gasteiger partial charge < -0.3 is 9.47 Å². The zero-order valence-corrected chi connectivity index (χ0v) is 9.10. The molecule has 3 heteroatoms. The molecule has 0 spiro atoms. The van der Waals surface area contributed by atoms with Crippen molar-refractivity contribution < 1.29 is 14.3 Å². The summed E-state index contributed by atoms with van der Waals surface area (Å²) in [5.74, 6) is 1.17. The molecule has 3 nitrogen and oxygen atoms in total. The number of carbonyl (C=O) groups excluding carboxylic acids is 1. The molecular formula is C14H10O3. The summed E-state index contributed by atoms with van der Waals surface area (Å²) in [6, 6.07) is 3.51. The molecule has 0 atom stereocenters. The number of esters is 1. The summed E-state index contributed by atoms with van der Waals surface area (Å²) in [6.45, 7) is 3.98. The minimum absolute atomic E-state index is 0.280. The highest BCUT2D eigenvalue weighted by Crippen LogP contribution is 2.13. The van der Waals surface area contributed by atoms with Crippen LogP contribution in [0.15, 0.2) is 36.6 Å². The van der Waals surface area contributed by atoms with Crippen LogP contribution in [-0.4, -0.2) is 12.6 Å². The largest absolute Gasteiger partial charge is 0.458 e. The molecule has 0 fully saturated rings. The first-order valence-corrected chi connectivity index (χ1v) is 5.32. The Morgan fingerprint density at radius 1 is 1.24 bits per heavy atom. The predicted octanol–water partition coefficient (Wildman–Crippen LogP) is 0.880. The Kier molecular flexibility index (Phi) is 2.11. The van der Waals surface area contributed by atoms with E-state index < -0.39 is 0 Å². The lowest BCUT2D eigenvalue weighted by Gasteiger charge is -2.15. The van der Waals surface area contributed by atoms with Gasteiger partial charge >= 0.3 is 5.97 Å². The molecule has 0 aliphatic carbocycles. The second kappa shape index (κ2) is 3.63. The first-order valence-electron chi connectivity index (χ1n) is 5.32. The van der Waals surface area contributed by atoms with Gasteiger partial charge in [-0.3, -0.25) is 0 Å². The van der Waals surface area contributed by atoms with Gasteiger partial charge in [-0.2, -0.15) is 0 Å². The van der Waals surface area contributed by atoms with Crippen molar-refractivity contribution in [3.05, 3.63) is 52.6 Å². The van der Waals surface area contributed by atoms with Crippen molar-refractivity contribution in [2.24, 2.45) is 0 Å². The van der Waals surface area contributed by atoms with E-state index in [0.29, 0.717) is 17.9 Å². The third-order valence-corrected chi connectivity index (χ3v) is 2.81. The Morgan fingerprint density at radius 2 is 2.12 bits per heavy atom. The molecule has 0 bridgehead atoms. The summed E-state index contributed by atoms with van der Waals surface area (Å²) in [7, 11) is 0. The Balaban J connectivity index is 2.33. The number of rotatable bonds is 1.